The van der Waals surface area contributed by atoms with Gasteiger partial charge in [0.2, 0.25) is 0 Å². The molecule has 2 aliphatic rings. The van der Waals surface area contributed by atoms with Crippen LogP contribution >= 0.6 is 0 Å². The first-order valence-corrected chi connectivity index (χ1v) is 11.5. The molecule has 0 amide bonds. The van der Waals surface area contributed by atoms with Gasteiger partial charge in [0.15, 0.2) is 0 Å². The number of allylic oxidation sites excluding steroid dienone is 2. The van der Waals surface area contributed by atoms with Gasteiger partial charge in [-0.3, -0.25) is 0 Å². The van der Waals surface area contributed by atoms with E-state index in [9.17, 15) is 8.78 Å². The van der Waals surface area contributed by atoms with Crippen LogP contribution in [0.1, 0.15) is 62.0 Å². The van der Waals surface area contributed by atoms with Crippen molar-refractivity contribution in [3.63, 3.8) is 0 Å². The predicted molar refractivity (Wildman–Crippen MR) is 121 cm³/mol. The zero-order valence-corrected chi connectivity index (χ0v) is 18.1. The Bertz CT molecular complexity index is 938. The first-order valence-electron chi connectivity index (χ1n) is 11.5. The average molecular weight is 425 g/mol. The van der Waals surface area contributed by atoms with Crippen LogP contribution in [-0.4, -0.2) is 0 Å². The molecule has 0 saturated heterocycles. The summed E-state index contributed by atoms with van der Waals surface area (Å²) in [6.45, 7) is 7.55. The van der Waals surface area contributed by atoms with Gasteiger partial charge in [0, 0.05) is 11.1 Å². The highest BCUT2D eigenvalue weighted by Crippen LogP contribution is 2.48. The van der Waals surface area contributed by atoms with Crippen LogP contribution in [0.15, 0.2) is 55.6 Å². The molecular weight excluding hydrogens is 393 g/mol. The molecule has 0 aromatic heterocycles. The monoisotopic (exact) mass is 424 g/mol. The van der Waals surface area contributed by atoms with Crippen LogP contribution in [0.2, 0.25) is 0 Å². The van der Waals surface area contributed by atoms with E-state index in [4.69, 9.17) is 0 Å². The molecule has 0 heterocycles. The van der Waals surface area contributed by atoms with Gasteiger partial charge in [0.05, 0.1) is 0 Å². The van der Waals surface area contributed by atoms with Gasteiger partial charge in [-0.15, -0.1) is 13.2 Å². The number of benzene rings is 2. The van der Waals surface area contributed by atoms with Crippen LogP contribution in [0, 0.1) is 35.2 Å². The Hall–Kier alpha value is -2.29. The summed E-state index contributed by atoms with van der Waals surface area (Å²) < 4.78 is 43.9. The molecule has 0 radical (unpaired) electrons. The van der Waals surface area contributed by atoms with E-state index in [-0.39, 0.29) is 23.1 Å². The molecule has 4 rings (SSSR count). The standard InChI is InChI=1S/C28H31F3/c1-3-5-6-25-27(30)16-23(17-28(25)31)24-12-11-22(15-26(24)29)21-10-9-19-13-18(4-2)7-8-20(19)14-21/h3-4,11-12,15-21H,1-2,5-10,13-14H2. The smallest absolute Gasteiger partial charge is 0.131 e. The van der Waals surface area contributed by atoms with Crippen LogP contribution < -0.4 is 0 Å². The first-order chi connectivity index (χ1) is 15.0. The van der Waals surface area contributed by atoms with E-state index in [0.717, 1.165) is 24.3 Å². The van der Waals surface area contributed by atoms with Crippen molar-refractivity contribution < 1.29 is 13.2 Å². The topological polar surface area (TPSA) is 0 Å². The lowest BCUT2D eigenvalue weighted by atomic mass is 9.64. The van der Waals surface area contributed by atoms with E-state index in [1.165, 1.54) is 37.8 Å². The highest BCUT2D eigenvalue weighted by atomic mass is 19.1. The van der Waals surface area contributed by atoms with Crippen molar-refractivity contribution in [1.82, 2.24) is 0 Å². The Labute approximate surface area is 183 Å². The van der Waals surface area contributed by atoms with Gasteiger partial charge in [-0.1, -0.05) is 24.3 Å². The molecule has 3 heteroatoms. The van der Waals surface area contributed by atoms with Gasteiger partial charge >= 0.3 is 0 Å². The van der Waals surface area contributed by atoms with Crippen molar-refractivity contribution in [2.75, 3.05) is 0 Å². The predicted octanol–water partition coefficient (Wildman–Crippen LogP) is 8.38. The third kappa shape index (κ3) is 4.66. The van der Waals surface area contributed by atoms with Crippen molar-refractivity contribution >= 4 is 0 Å². The molecule has 0 spiro atoms. The third-order valence-electron chi connectivity index (χ3n) is 7.50. The third-order valence-corrected chi connectivity index (χ3v) is 7.50. The Morgan fingerprint density at radius 1 is 0.839 bits per heavy atom. The SMILES string of the molecule is C=CCCc1c(F)cc(-c2ccc(C3CCC4CC(C=C)CCC4C3)cc2F)cc1F. The van der Waals surface area contributed by atoms with E-state index in [0.29, 0.717) is 24.2 Å². The second-order valence-electron chi connectivity index (χ2n) is 9.32. The number of rotatable bonds is 6. The van der Waals surface area contributed by atoms with Gasteiger partial charge in [0.25, 0.3) is 0 Å². The number of hydrogen-bond donors (Lipinski definition) is 0. The van der Waals surface area contributed by atoms with E-state index in [1.807, 2.05) is 6.07 Å². The van der Waals surface area contributed by atoms with E-state index in [2.05, 4.69) is 19.2 Å². The molecule has 4 unspecified atom stereocenters. The zero-order valence-electron chi connectivity index (χ0n) is 18.1. The molecule has 164 valence electrons. The summed E-state index contributed by atoms with van der Waals surface area (Å²) >= 11 is 0. The Morgan fingerprint density at radius 2 is 1.55 bits per heavy atom. The molecule has 2 aliphatic carbocycles. The normalized spacial score (nSPS) is 25.6. The molecule has 0 bridgehead atoms. The quantitative estimate of drug-likeness (QED) is 0.409. The molecule has 2 aromatic rings. The lowest BCUT2D eigenvalue weighted by molar-refractivity contribution is 0.133. The maximum atomic E-state index is 15.0. The summed E-state index contributed by atoms with van der Waals surface area (Å²) in [4.78, 5) is 0. The second kappa shape index (κ2) is 9.46. The Kier molecular flexibility index (Phi) is 6.69. The fourth-order valence-corrected chi connectivity index (χ4v) is 5.71. The molecule has 0 nitrogen and oxygen atoms in total. The van der Waals surface area contributed by atoms with Gasteiger partial charge in [-0.2, -0.15) is 0 Å². The summed E-state index contributed by atoms with van der Waals surface area (Å²) in [7, 11) is 0. The maximum Gasteiger partial charge on any atom is 0.131 e. The van der Waals surface area contributed by atoms with Gasteiger partial charge in [-0.05, 0) is 104 Å². The minimum atomic E-state index is -0.631. The maximum absolute atomic E-state index is 15.0. The van der Waals surface area contributed by atoms with Gasteiger partial charge < -0.3 is 0 Å². The van der Waals surface area contributed by atoms with Crippen molar-refractivity contribution in [1.29, 1.82) is 0 Å². The number of halogens is 3. The lowest BCUT2D eigenvalue weighted by Gasteiger charge is -2.41. The fourth-order valence-electron chi connectivity index (χ4n) is 5.71. The Morgan fingerprint density at radius 3 is 2.23 bits per heavy atom. The highest BCUT2D eigenvalue weighted by molar-refractivity contribution is 5.65. The van der Waals surface area contributed by atoms with Crippen molar-refractivity contribution in [2.45, 2.75) is 57.3 Å². The molecule has 2 saturated carbocycles. The van der Waals surface area contributed by atoms with Gasteiger partial charge in [-0.25, -0.2) is 13.2 Å². The molecule has 0 N–H and O–H groups in total. The second-order valence-corrected chi connectivity index (χ2v) is 9.32. The summed E-state index contributed by atoms with van der Waals surface area (Å²) in [5, 5.41) is 0. The fraction of sp³-hybridized carbons (Fsp3) is 0.429. The minimum Gasteiger partial charge on any atom is -0.207 e. The lowest BCUT2D eigenvalue weighted by Crippen LogP contribution is -2.29. The minimum absolute atomic E-state index is 0.0311. The van der Waals surface area contributed by atoms with Crippen LogP contribution in [-0.2, 0) is 6.42 Å². The molecular formula is C28H31F3. The van der Waals surface area contributed by atoms with Gasteiger partial charge in [0.1, 0.15) is 17.5 Å². The molecule has 2 fully saturated rings. The molecule has 4 atom stereocenters. The summed E-state index contributed by atoms with van der Waals surface area (Å²) in [6, 6.07) is 7.69. The molecule has 0 aliphatic heterocycles. The summed E-state index contributed by atoms with van der Waals surface area (Å²) in [5.41, 5.74) is 1.53. The van der Waals surface area contributed by atoms with E-state index in [1.54, 1.807) is 18.2 Å². The van der Waals surface area contributed by atoms with Crippen molar-refractivity contribution in [3.05, 3.63) is 84.2 Å². The van der Waals surface area contributed by atoms with Crippen LogP contribution in [0.5, 0.6) is 0 Å². The zero-order chi connectivity index (χ0) is 22.0. The van der Waals surface area contributed by atoms with Crippen LogP contribution in [0.4, 0.5) is 13.2 Å². The summed E-state index contributed by atoms with van der Waals surface area (Å²) in [5.74, 6) is 0.820. The largest absolute Gasteiger partial charge is 0.207 e. The van der Waals surface area contributed by atoms with E-state index >= 15 is 4.39 Å². The molecule has 2 aromatic carbocycles. The van der Waals surface area contributed by atoms with Crippen LogP contribution in [0.25, 0.3) is 11.1 Å². The van der Waals surface area contributed by atoms with E-state index < -0.39 is 17.5 Å². The number of fused-ring (bicyclic) bond motifs is 1. The van der Waals surface area contributed by atoms with Crippen molar-refractivity contribution in [2.24, 2.45) is 17.8 Å². The molecule has 31 heavy (non-hydrogen) atoms. The number of hydrogen-bond acceptors (Lipinski definition) is 0. The Balaban J connectivity index is 1.51. The highest BCUT2D eigenvalue weighted by Gasteiger charge is 2.35. The average Bonchev–Trinajstić information content (AvgIpc) is 2.77. The van der Waals surface area contributed by atoms with Crippen molar-refractivity contribution in [3.8, 4) is 11.1 Å². The van der Waals surface area contributed by atoms with Crippen LogP contribution in [0.3, 0.4) is 0 Å². The summed E-state index contributed by atoms with van der Waals surface area (Å²) in [6.07, 6.45) is 11.5. The first kappa shape index (κ1) is 21.9.